The van der Waals surface area contributed by atoms with Crippen LogP contribution < -0.4 is 10.2 Å². The predicted molar refractivity (Wildman–Crippen MR) is 98.6 cm³/mol. The van der Waals surface area contributed by atoms with E-state index in [0.29, 0.717) is 36.5 Å². The van der Waals surface area contributed by atoms with E-state index in [1.165, 1.54) is 0 Å². The molecule has 0 amide bonds. The van der Waals surface area contributed by atoms with Crippen molar-refractivity contribution >= 4 is 23.3 Å². The van der Waals surface area contributed by atoms with Gasteiger partial charge in [-0.25, -0.2) is 9.83 Å². The molecule has 130 valence electrons. The van der Waals surface area contributed by atoms with E-state index in [9.17, 15) is 0 Å². The van der Waals surface area contributed by atoms with Crippen molar-refractivity contribution in [3.8, 4) is 11.3 Å². The minimum Gasteiger partial charge on any atom is -0.378 e. The Labute approximate surface area is 150 Å². The molecule has 26 heavy (non-hydrogen) atoms. The third-order valence-corrected chi connectivity index (χ3v) is 4.08. The van der Waals surface area contributed by atoms with Crippen LogP contribution in [0, 0.1) is 6.57 Å². The fraction of sp³-hybridized carbons (Fsp3) is 0.222. The summed E-state index contributed by atoms with van der Waals surface area (Å²) in [5.41, 5.74) is 2.45. The monoisotopic (exact) mass is 347 g/mol. The molecule has 1 aliphatic heterocycles. The lowest BCUT2D eigenvalue weighted by molar-refractivity contribution is 0.122. The molecule has 3 heterocycles. The van der Waals surface area contributed by atoms with Crippen LogP contribution in [0.3, 0.4) is 0 Å². The highest BCUT2D eigenvalue weighted by molar-refractivity contribution is 5.67. The molecular weight excluding hydrogens is 330 g/mol. The van der Waals surface area contributed by atoms with Crippen LogP contribution in [0.4, 0.5) is 23.3 Å². The maximum atomic E-state index is 7.01. The number of rotatable bonds is 4. The van der Waals surface area contributed by atoms with Crippen LogP contribution in [0.15, 0.2) is 42.6 Å². The van der Waals surface area contributed by atoms with E-state index in [-0.39, 0.29) is 0 Å². The first-order valence-electron chi connectivity index (χ1n) is 8.28. The Hall–Kier alpha value is -3.44. The standard InChI is InChI=1S/C18H17N7O/c1-19-14-4-2-13(3-5-14)15-12-17(24-23-15)21-16-6-7-20-18(22-16)25-8-10-26-11-9-25/h2-7,12H,8-11H2,(H2,20,21,22,23,24). The molecule has 0 aliphatic carbocycles. The summed E-state index contributed by atoms with van der Waals surface area (Å²) in [6.45, 7) is 9.97. The van der Waals surface area contributed by atoms with Gasteiger partial charge in [0, 0.05) is 25.4 Å². The van der Waals surface area contributed by atoms with Crippen molar-refractivity contribution in [1.82, 2.24) is 20.2 Å². The number of ether oxygens (including phenoxy) is 1. The molecule has 2 N–H and O–H groups in total. The highest BCUT2D eigenvalue weighted by atomic mass is 16.5. The van der Waals surface area contributed by atoms with E-state index in [0.717, 1.165) is 24.3 Å². The summed E-state index contributed by atoms with van der Waals surface area (Å²) < 4.78 is 5.36. The molecule has 0 spiro atoms. The summed E-state index contributed by atoms with van der Waals surface area (Å²) in [6, 6.07) is 11.1. The quantitative estimate of drug-likeness (QED) is 0.706. The van der Waals surface area contributed by atoms with Gasteiger partial charge in [0.1, 0.15) is 5.82 Å². The van der Waals surface area contributed by atoms with Gasteiger partial charge < -0.3 is 15.0 Å². The topological polar surface area (TPSA) is 83.3 Å². The first-order chi connectivity index (χ1) is 12.8. The smallest absolute Gasteiger partial charge is 0.227 e. The van der Waals surface area contributed by atoms with E-state index >= 15 is 0 Å². The van der Waals surface area contributed by atoms with E-state index in [4.69, 9.17) is 11.3 Å². The van der Waals surface area contributed by atoms with Gasteiger partial charge in [-0.1, -0.05) is 24.3 Å². The highest BCUT2D eigenvalue weighted by Crippen LogP contribution is 2.24. The van der Waals surface area contributed by atoms with E-state index < -0.39 is 0 Å². The average Bonchev–Trinajstić information content (AvgIpc) is 3.17. The molecule has 1 saturated heterocycles. The summed E-state index contributed by atoms with van der Waals surface area (Å²) in [7, 11) is 0. The zero-order chi connectivity index (χ0) is 17.8. The fourth-order valence-electron chi connectivity index (χ4n) is 2.71. The largest absolute Gasteiger partial charge is 0.378 e. The molecule has 1 fully saturated rings. The van der Waals surface area contributed by atoms with Gasteiger partial charge in [0.05, 0.1) is 25.5 Å². The Morgan fingerprint density at radius 3 is 2.69 bits per heavy atom. The lowest BCUT2D eigenvalue weighted by Gasteiger charge is -2.26. The molecule has 0 saturated carbocycles. The average molecular weight is 347 g/mol. The van der Waals surface area contributed by atoms with Crippen molar-refractivity contribution in [2.75, 3.05) is 36.5 Å². The second-order valence-corrected chi connectivity index (χ2v) is 5.79. The van der Waals surface area contributed by atoms with Gasteiger partial charge in [-0.05, 0) is 11.6 Å². The fourth-order valence-corrected chi connectivity index (χ4v) is 2.71. The van der Waals surface area contributed by atoms with Crippen molar-refractivity contribution in [3.63, 3.8) is 0 Å². The molecular formula is C18H17N7O. The summed E-state index contributed by atoms with van der Waals surface area (Å²) in [5.74, 6) is 2.03. The lowest BCUT2D eigenvalue weighted by atomic mass is 10.1. The second-order valence-electron chi connectivity index (χ2n) is 5.79. The van der Waals surface area contributed by atoms with Crippen molar-refractivity contribution in [2.45, 2.75) is 0 Å². The van der Waals surface area contributed by atoms with Crippen molar-refractivity contribution in [1.29, 1.82) is 0 Å². The van der Waals surface area contributed by atoms with Crippen LogP contribution in [0.5, 0.6) is 0 Å². The Bertz CT molecular complexity index is 923. The van der Waals surface area contributed by atoms with E-state index in [1.807, 2.05) is 24.3 Å². The Morgan fingerprint density at radius 2 is 1.92 bits per heavy atom. The first kappa shape index (κ1) is 16.1. The predicted octanol–water partition coefficient (Wildman–Crippen LogP) is 3.00. The molecule has 0 radical (unpaired) electrons. The number of nitrogens with one attached hydrogen (secondary N) is 2. The van der Waals surface area contributed by atoms with Gasteiger partial charge in [-0.3, -0.25) is 5.10 Å². The number of anilines is 3. The minimum absolute atomic E-state index is 0.614. The zero-order valence-corrected chi connectivity index (χ0v) is 14.0. The highest BCUT2D eigenvalue weighted by Gasteiger charge is 2.14. The molecule has 0 bridgehead atoms. The third-order valence-electron chi connectivity index (χ3n) is 4.08. The zero-order valence-electron chi connectivity index (χ0n) is 14.0. The Kier molecular flexibility index (Phi) is 4.45. The minimum atomic E-state index is 0.614. The molecule has 3 aromatic rings. The molecule has 1 aliphatic rings. The second kappa shape index (κ2) is 7.21. The number of hydrogen-bond acceptors (Lipinski definition) is 6. The summed E-state index contributed by atoms with van der Waals surface area (Å²) in [6.07, 6.45) is 1.73. The molecule has 8 nitrogen and oxygen atoms in total. The van der Waals surface area contributed by atoms with Gasteiger partial charge in [0.15, 0.2) is 11.5 Å². The van der Waals surface area contributed by atoms with Crippen molar-refractivity contribution < 1.29 is 4.74 Å². The number of morpholine rings is 1. The molecule has 1 aromatic carbocycles. The van der Waals surface area contributed by atoms with Crippen LogP contribution >= 0.6 is 0 Å². The van der Waals surface area contributed by atoms with Gasteiger partial charge in [0.2, 0.25) is 5.95 Å². The van der Waals surface area contributed by atoms with E-state index in [2.05, 4.69) is 35.2 Å². The SMILES string of the molecule is [C-]#[N+]c1ccc(-c2cc(Nc3ccnc(N4CCOCC4)n3)n[nH]2)cc1. The van der Waals surface area contributed by atoms with Crippen LogP contribution in [-0.4, -0.2) is 46.5 Å². The summed E-state index contributed by atoms with van der Waals surface area (Å²) in [4.78, 5) is 14.4. The van der Waals surface area contributed by atoms with Crippen LogP contribution in [0.1, 0.15) is 0 Å². The molecule has 2 aromatic heterocycles. The van der Waals surface area contributed by atoms with Crippen LogP contribution in [0.2, 0.25) is 0 Å². The lowest BCUT2D eigenvalue weighted by Crippen LogP contribution is -2.37. The first-order valence-corrected chi connectivity index (χ1v) is 8.28. The molecule has 0 unspecified atom stereocenters. The normalized spacial score (nSPS) is 14.0. The summed E-state index contributed by atoms with van der Waals surface area (Å²) >= 11 is 0. The number of aromatic amines is 1. The number of aromatic nitrogens is 4. The van der Waals surface area contributed by atoms with Crippen LogP contribution in [-0.2, 0) is 4.74 Å². The Morgan fingerprint density at radius 1 is 1.12 bits per heavy atom. The van der Waals surface area contributed by atoms with Crippen LogP contribution in [0.25, 0.3) is 16.1 Å². The van der Waals surface area contributed by atoms with Crippen molar-refractivity contribution in [2.24, 2.45) is 0 Å². The van der Waals surface area contributed by atoms with Gasteiger partial charge in [-0.15, -0.1) is 0 Å². The molecule has 8 heteroatoms. The van der Waals surface area contributed by atoms with E-state index in [1.54, 1.807) is 18.3 Å². The third kappa shape index (κ3) is 3.48. The Balaban J connectivity index is 1.49. The molecule has 0 atom stereocenters. The number of nitrogens with zero attached hydrogens (tertiary/aromatic N) is 5. The summed E-state index contributed by atoms with van der Waals surface area (Å²) in [5, 5.41) is 10.5. The van der Waals surface area contributed by atoms with Gasteiger partial charge >= 0.3 is 0 Å². The maximum absolute atomic E-state index is 7.01. The van der Waals surface area contributed by atoms with Gasteiger partial charge in [-0.2, -0.15) is 10.1 Å². The maximum Gasteiger partial charge on any atom is 0.227 e. The number of benzene rings is 1. The van der Waals surface area contributed by atoms with Gasteiger partial charge in [0.25, 0.3) is 0 Å². The number of H-pyrrole nitrogens is 1. The van der Waals surface area contributed by atoms with Crippen molar-refractivity contribution in [3.05, 3.63) is 54.0 Å². The molecule has 4 rings (SSSR count). The number of hydrogen-bond donors (Lipinski definition) is 2.